The van der Waals surface area contributed by atoms with Gasteiger partial charge in [-0.25, -0.2) is 0 Å². The molecule has 0 aliphatic rings. The van der Waals surface area contributed by atoms with Gasteiger partial charge in [-0.1, -0.05) is 50.2 Å². The summed E-state index contributed by atoms with van der Waals surface area (Å²) >= 11 is 0. The number of hydrogen-bond donors (Lipinski definition) is 1. The van der Waals surface area contributed by atoms with Gasteiger partial charge in [-0.15, -0.1) is 0 Å². The van der Waals surface area contributed by atoms with Crippen molar-refractivity contribution < 1.29 is 9.59 Å². The van der Waals surface area contributed by atoms with Gasteiger partial charge in [0.05, 0.1) is 6.42 Å². The number of amides is 2. The lowest BCUT2D eigenvalue weighted by atomic mass is 10.0. The van der Waals surface area contributed by atoms with Gasteiger partial charge in [-0.3, -0.25) is 14.6 Å². The number of nitrogens with zero attached hydrogens (tertiary/aromatic N) is 2. The van der Waals surface area contributed by atoms with E-state index in [-0.39, 0.29) is 24.2 Å². The van der Waals surface area contributed by atoms with E-state index in [0.717, 1.165) is 11.3 Å². The number of nitrogens with one attached hydrogen (secondary N) is 1. The first kappa shape index (κ1) is 19.6. The number of rotatable bonds is 8. The summed E-state index contributed by atoms with van der Waals surface area (Å²) in [5.74, 6) is -0.196. The van der Waals surface area contributed by atoms with E-state index in [1.807, 2.05) is 62.4 Å². The number of carbonyl (C=O) groups excluding carboxylic acids is 2. The SMILES string of the molecule is CC(C)C(NC(=O)Cc1ccccc1)C(=O)N(C)CCc1ccccn1. The Morgan fingerprint density at radius 1 is 1.08 bits per heavy atom. The van der Waals surface area contributed by atoms with Crippen LogP contribution in [-0.2, 0) is 22.4 Å². The summed E-state index contributed by atoms with van der Waals surface area (Å²) in [6.45, 7) is 4.45. The highest BCUT2D eigenvalue weighted by Crippen LogP contribution is 2.08. The van der Waals surface area contributed by atoms with Crippen LogP contribution in [0.15, 0.2) is 54.7 Å². The van der Waals surface area contributed by atoms with E-state index in [1.165, 1.54) is 0 Å². The molecule has 1 aromatic carbocycles. The minimum atomic E-state index is -0.528. The van der Waals surface area contributed by atoms with Crippen LogP contribution < -0.4 is 5.32 Å². The molecule has 0 fully saturated rings. The molecule has 5 heteroatoms. The normalized spacial score (nSPS) is 11.8. The third-order valence-corrected chi connectivity index (χ3v) is 4.26. The fraction of sp³-hybridized carbons (Fsp3) is 0.381. The van der Waals surface area contributed by atoms with Crippen molar-refractivity contribution in [2.24, 2.45) is 5.92 Å². The summed E-state index contributed by atoms with van der Waals surface area (Å²) in [4.78, 5) is 31.1. The molecule has 1 aromatic heterocycles. The third kappa shape index (κ3) is 5.99. The lowest BCUT2D eigenvalue weighted by molar-refractivity contribution is -0.136. The average Bonchev–Trinajstić information content (AvgIpc) is 2.65. The monoisotopic (exact) mass is 353 g/mol. The highest BCUT2D eigenvalue weighted by Gasteiger charge is 2.26. The Hall–Kier alpha value is -2.69. The minimum Gasteiger partial charge on any atom is -0.344 e. The second-order valence-electron chi connectivity index (χ2n) is 6.78. The summed E-state index contributed by atoms with van der Waals surface area (Å²) in [6, 6.07) is 14.8. The van der Waals surface area contributed by atoms with Crippen LogP contribution in [0.2, 0.25) is 0 Å². The van der Waals surface area contributed by atoms with E-state index in [1.54, 1.807) is 18.1 Å². The zero-order valence-corrected chi connectivity index (χ0v) is 15.7. The van der Waals surface area contributed by atoms with Crippen LogP contribution in [0.5, 0.6) is 0 Å². The van der Waals surface area contributed by atoms with Crippen molar-refractivity contribution in [1.82, 2.24) is 15.2 Å². The highest BCUT2D eigenvalue weighted by atomic mass is 16.2. The summed E-state index contributed by atoms with van der Waals surface area (Å²) in [5.41, 5.74) is 1.88. The fourth-order valence-electron chi connectivity index (χ4n) is 2.70. The molecular weight excluding hydrogens is 326 g/mol. The number of benzene rings is 1. The maximum atomic E-state index is 12.8. The molecule has 0 spiro atoms. The minimum absolute atomic E-state index is 0.0134. The van der Waals surface area contributed by atoms with Gasteiger partial charge in [0.2, 0.25) is 11.8 Å². The summed E-state index contributed by atoms with van der Waals surface area (Å²) < 4.78 is 0. The molecule has 2 amide bonds. The smallest absolute Gasteiger partial charge is 0.245 e. The molecule has 0 saturated heterocycles. The molecule has 2 aromatic rings. The van der Waals surface area contributed by atoms with E-state index >= 15 is 0 Å². The molecule has 26 heavy (non-hydrogen) atoms. The molecule has 1 atom stereocenters. The Morgan fingerprint density at radius 3 is 2.38 bits per heavy atom. The molecule has 1 heterocycles. The van der Waals surface area contributed by atoms with Gasteiger partial charge in [-0.2, -0.15) is 0 Å². The predicted molar refractivity (Wildman–Crippen MR) is 102 cm³/mol. The third-order valence-electron chi connectivity index (χ3n) is 4.26. The molecule has 0 aliphatic heterocycles. The number of likely N-dealkylation sites (N-methyl/N-ethyl adjacent to an activating group) is 1. The van der Waals surface area contributed by atoms with E-state index in [4.69, 9.17) is 0 Å². The Morgan fingerprint density at radius 2 is 1.77 bits per heavy atom. The number of aromatic nitrogens is 1. The van der Waals surface area contributed by atoms with Crippen molar-refractivity contribution in [2.75, 3.05) is 13.6 Å². The fourth-order valence-corrected chi connectivity index (χ4v) is 2.70. The lowest BCUT2D eigenvalue weighted by Crippen LogP contribution is -2.50. The Balaban J connectivity index is 1.92. The van der Waals surface area contributed by atoms with Crippen molar-refractivity contribution in [3.8, 4) is 0 Å². The second-order valence-corrected chi connectivity index (χ2v) is 6.78. The Bertz CT molecular complexity index is 702. The van der Waals surface area contributed by atoms with Crippen LogP contribution in [0.1, 0.15) is 25.1 Å². The Labute approximate surface area is 155 Å². The molecule has 5 nitrogen and oxygen atoms in total. The van der Waals surface area contributed by atoms with Gasteiger partial charge in [0, 0.05) is 31.9 Å². The van der Waals surface area contributed by atoms with Crippen LogP contribution in [-0.4, -0.2) is 41.3 Å². The summed E-state index contributed by atoms with van der Waals surface area (Å²) in [6.07, 6.45) is 2.71. The number of pyridine rings is 1. The van der Waals surface area contributed by atoms with Crippen molar-refractivity contribution in [2.45, 2.75) is 32.7 Å². The topological polar surface area (TPSA) is 62.3 Å². The largest absolute Gasteiger partial charge is 0.344 e. The van der Waals surface area contributed by atoms with Gasteiger partial charge in [0.1, 0.15) is 6.04 Å². The first-order valence-electron chi connectivity index (χ1n) is 8.95. The number of hydrogen-bond acceptors (Lipinski definition) is 3. The van der Waals surface area contributed by atoms with Crippen LogP contribution in [0.25, 0.3) is 0 Å². The molecule has 138 valence electrons. The molecule has 0 bridgehead atoms. The first-order chi connectivity index (χ1) is 12.5. The van der Waals surface area contributed by atoms with Gasteiger partial charge >= 0.3 is 0 Å². The van der Waals surface area contributed by atoms with E-state index < -0.39 is 6.04 Å². The van der Waals surface area contributed by atoms with Crippen molar-refractivity contribution in [3.63, 3.8) is 0 Å². The lowest BCUT2D eigenvalue weighted by Gasteiger charge is -2.27. The highest BCUT2D eigenvalue weighted by molar-refractivity contribution is 5.88. The quantitative estimate of drug-likeness (QED) is 0.793. The van der Waals surface area contributed by atoms with E-state index in [0.29, 0.717) is 13.0 Å². The van der Waals surface area contributed by atoms with Gasteiger partial charge in [0.25, 0.3) is 0 Å². The second kappa shape index (κ2) is 9.70. The maximum Gasteiger partial charge on any atom is 0.245 e. The molecule has 0 aliphatic carbocycles. The van der Waals surface area contributed by atoms with E-state index in [2.05, 4.69) is 10.3 Å². The van der Waals surface area contributed by atoms with Crippen LogP contribution in [0.3, 0.4) is 0 Å². The Kier molecular flexibility index (Phi) is 7.33. The molecule has 1 unspecified atom stereocenters. The van der Waals surface area contributed by atoms with Crippen molar-refractivity contribution in [3.05, 3.63) is 66.0 Å². The zero-order valence-electron chi connectivity index (χ0n) is 15.7. The van der Waals surface area contributed by atoms with Gasteiger partial charge < -0.3 is 10.2 Å². The van der Waals surface area contributed by atoms with Crippen molar-refractivity contribution >= 4 is 11.8 Å². The molecular formula is C21H27N3O2. The average molecular weight is 353 g/mol. The van der Waals surface area contributed by atoms with Gasteiger partial charge in [-0.05, 0) is 23.6 Å². The van der Waals surface area contributed by atoms with Crippen molar-refractivity contribution in [1.29, 1.82) is 0 Å². The summed E-state index contributed by atoms with van der Waals surface area (Å²) in [5, 5.41) is 2.90. The molecule has 1 N–H and O–H groups in total. The molecule has 0 saturated carbocycles. The number of carbonyl (C=O) groups is 2. The van der Waals surface area contributed by atoms with Gasteiger partial charge in [0.15, 0.2) is 0 Å². The predicted octanol–water partition coefficient (Wildman–Crippen LogP) is 2.47. The first-order valence-corrected chi connectivity index (χ1v) is 8.95. The summed E-state index contributed by atoms with van der Waals surface area (Å²) in [7, 11) is 1.77. The maximum absolute atomic E-state index is 12.8. The standard InChI is InChI=1S/C21H27N3O2/c1-16(2)20(23-19(25)15-17-9-5-4-6-10-17)21(26)24(3)14-12-18-11-7-8-13-22-18/h4-11,13,16,20H,12,14-15H2,1-3H3,(H,23,25). The molecule has 0 radical (unpaired) electrons. The molecule has 2 rings (SSSR count). The van der Waals surface area contributed by atoms with Crippen LogP contribution in [0, 0.1) is 5.92 Å². The van der Waals surface area contributed by atoms with E-state index in [9.17, 15) is 9.59 Å². The van der Waals surface area contributed by atoms with Crippen LogP contribution in [0.4, 0.5) is 0 Å². The zero-order chi connectivity index (χ0) is 18.9. The van der Waals surface area contributed by atoms with Crippen LogP contribution >= 0.6 is 0 Å².